The van der Waals surface area contributed by atoms with Crippen LogP contribution in [-0.4, -0.2) is 11.9 Å². The predicted octanol–water partition coefficient (Wildman–Crippen LogP) is 2.88. The SMILES string of the molecule is Cc1cccc(CC(=O)N[C@H](C)Cc2ccco2)c1. The van der Waals surface area contributed by atoms with Crippen molar-refractivity contribution in [3.05, 3.63) is 59.5 Å². The normalized spacial score (nSPS) is 12.1. The number of benzene rings is 1. The number of furan rings is 1. The molecule has 1 atom stereocenters. The average molecular weight is 257 g/mol. The van der Waals surface area contributed by atoms with Crippen LogP contribution in [0.1, 0.15) is 23.8 Å². The topological polar surface area (TPSA) is 42.2 Å². The number of hydrogen-bond donors (Lipinski definition) is 1. The third-order valence-corrected chi connectivity index (χ3v) is 2.94. The Bertz CT molecular complexity index is 531. The number of carbonyl (C=O) groups is 1. The number of rotatable bonds is 5. The van der Waals surface area contributed by atoms with Gasteiger partial charge >= 0.3 is 0 Å². The second-order valence-corrected chi connectivity index (χ2v) is 4.92. The molecule has 0 fully saturated rings. The molecule has 1 aromatic heterocycles. The second-order valence-electron chi connectivity index (χ2n) is 4.92. The summed E-state index contributed by atoms with van der Waals surface area (Å²) in [6, 6.07) is 11.9. The molecule has 2 aromatic rings. The Labute approximate surface area is 113 Å². The summed E-state index contributed by atoms with van der Waals surface area (Å²) >= 11 is 0. The van der Waals surface area contributed by atoms with E-state index in [1.54, 1.807) is 6.26 Å². The zero-order valence-corrected chi connectivity index (χ0v) is 11.3. The van der Waals surface area contributed by atoms with Crippen molar-refractivity contribution in [1.82, 2.24) is 5.32 Å². The highest BCUT2D eigenvalue weighted by Crippen LogP contribution is 2.06. The first-order chi connectivity index (χ1) is 9.13. The fraction of sp³-hybridized carbons (Fsp3) is 0.312. The quantitative estimate of drug-likeness (QED) is 0.895. The van der Waals surface area contributed by atoms with Gasteiger partial charge in [0.15, 0.2) is 0 Å². The molecule has 0 aliphatic heterocycles. The van der Waals surface area contributed by atoms with Crippen molar-refractivity contribution in [3.8, 4) is 0 Å². The van der Waals surface area contributed by atoms with Crippen LogP contribution in [0, 0.1) is 6.92 Å². The van der Waals surface area contributed by atoms with E-state index in [0.717, 1.165) is 11.3 Å². The van der Waals surface area contributed by atoms with Crippen LogP contribution in [0.4, 0.5) is 0 Å². The van der Waals surface area contributed by atoms with Crippen molar-refractivity contribution in [2.45, 2.75) is 32.7 Å². The van der Waals surface area contributed by atoms with E-state index >= 15 is 0 Å². The summed E-state index contributed by atoms with van der Waals surface area (Å²) in [7, 11) is 0. The van der Waals surface area contributed by atoms with Gasteiger partial charge in [0.1, 0.15) is 5.76 Å². The number of carbonyl (C=O) groups excluding carboxylic acids is 1. The maximum Gasteiger partial charge on any atom is 0.224 e. The van der Waals surface area contributed by atoms with E-state index in [9.17, 15) is 4.79 Å². The molecule has 2 rings (SSSR count). The number of hydrogen-bond acceptors (Lipinski definition) is 2. The monoisotopic (exact) mass is 257 g/mol. The summed E-state index contributed by atoms with van der Waals surface area (Å²) in [5.74, 6) is 0.938. The van der Waals surface area contributed by atoms with Gasteiger partial charge in [-0.2, -0.15) is 0 Å². The predicted molar refractivity (Wildman–Crippen MR) is 74.9 cm³/mol. The fourth-order valence-electron chi connectivity index (χ4n) is 2.11. The van der Waals surface area contributed by atoms with E-state index in [-0.39, 0.29) is 11.9 Å². The van der Waals surface area contributed by atoms with E-state index in [2.05, 4.69) is 5.32 Å². The third kappa shape index (κ3) is 4.28. The molecule has 3 heteroatoms. The van der Waals surface area contributed by atoms with E-state index in [1.165, 1.54) is 5.56 Å². The first kappa shape index (κ1) is 13.4. The van der Waals surface area contributed by atoms with Crippen LogP contribution < -0.4 is 5.32 Å². The van der Waals surface area contributed by atoms with E-state index in [1.807, 2.05) is 50.2 Å². The first-order valence-electron chi connectivity index (χ1n) is 6.51. The van der Waals surface area contributed by atoms with Gasteiger partial charge in [0.2, 0.25) is 5.91 Å². The first-order valence-corrected chi connectivity index (χ1v) is 6.51. The molecule has 1 aromatic carbocycles. The number of amides is 1. The Morgan fingerprint density at radius 3 is 2.84 bits per heavy atom. The highest BCUT2D eigenvalue weighted by atomic mass is 16.3. The Balaban J connectivity index is 1.84. The smallest absolute Gasteiger partial charge is 0.224 e. The minimum absolute atomic E-state index is 0.0460. The molecular weight excluding hydrogens is 238 g/mol. The number of nitrogens with one attached hydrogen (secondary N) is 1. The largest absolute Gasteiger partial charge is 0.469 e. The molecule has 0 radical (unpaired) electrons. The molecule has 1 amide bonds. The minimum Gasteiger partial charge on any atom is -0.469 e. The van der Waals surface area contributed by atoms with Gasteiger partial charge in [-0.05, 0) is 31.5 Å². The Hall–Kier alpha value is -2.03. The zero-order chi connectivity index (χ0) is 13.7. The lowest BCUT2D eigenvalue weighted by molar-refractivity contribution is -0.121. The second kappa shape index (κ2) is 6.23. The lowest BCUT2D eigenvalue weighted by Crippen LogP contribution is -2.35. The van der Waals surface area contributed by atoms with Gasteiger partial charge in [-0.25, -0.2) is 0 Å². The van der Waals surface area contributed by atoms with Gasteiger partial charge in [0, 0.05) is 12.5 Å². The van der Waals surface area contributed by atoms with Crippen molar-refractivity contribution >= 4 is 5.91 Å². The highest BCUT2D eigenvalue weighted by molar-refractivity contribution is 5.78. The standard InChI is InChI=1S/C16H19NO2/c1-12-5-3-6-14(9-12)11-16(18)17-13(2)10-15-7-4-8-19-15/h3-9,13H,10-11H2,1-2H3,(H,17,18)/t13-/m1/s1. The van der Waals surface area contributed by atoms with Crippen LogP contribution in [0.3, 0.4) is 0 Å². The maximum absolute atomic E-state index is 11.9. The van der Waals surface area contributed by atoms with Gasteiger partial charge in [0.25, 0.3) is 0 Å². The van der Waals surface area contributed by atoms with Crippen LogP contribution in [0.25, 0.3) is 0 Å². The maximum atomic E-state index is 11.9. The summed E-state index contributed by atoms with van der Waals surface area (Å²) in [6.45, 7) is 4.01. The van der Waals surface area contributed by atoms with Gasteiger partial charge < -0.3 is 9.73 Å². The van der Waals surface area contributed by atoms with Crippen LogP contribution in [0.5, 0.6) is 0 Å². The lowest BCUT2D eigenvalue weighted by Gasteiger charge is -2.12. The molecule has 0 spiro atoms. The molecule has 3 nitrogen and oxygen atoms in total. The molecule has 100 valence electrons. The summed E-state index contributed by atoms with van der Waals surface area (Å²) in [6.07, 6.45) is 2.79. The molecule has 0 unspecified atom stereocenters. The summed E-state index contributed by atoms with van der Waals surface area (Å²) < 4.78 is 5.27. The van der Waals surface area contributed by atoms with Gasteiger partial charge in [-0.15, -0.1) is 0 Å². The number of aryl methyl sites for hydroxylation is 1. The Morgan fingerprint density at radius 1 is 1.32 bits per heavy atom. The molecular formula is C16H19NO2. The molecule has 0 saturated heterocycles. The zero-order valence-electron chi connectivity index (χ0n) is 11.3. The molecule has 0 aliphatic rings. The van der Waals surface area contributed by atoms with Gasteiger partial charge in [0.05, 0.1) is 12.7 Å². The molecule has 1 heterocycles. The third-order valence-electron chi connectivity index (χ3n) is 2.94. The van der Waals surface area contributed by atoms with Crippen LogP contribution in [0.2, 0.25) is 0 Å². The van der Waals surface area contributed by atoms with E-state index < -0.39 is 0 Å². The van der Waals surface area contributed by atoms with Crippen LogP contribution >= 0.6 is 0 Å². The molecule has 0 bridgehead atoms. The van der Waals surface area contributed by atoms with Crippen molar-refractivity contribution in [3.63, 3.8) is 0 Å². The van der Waals surface area contributed by atoms with Crippen molar-refractivity contribution in [1.29, 1.82) is 0 Å². The Kier molecular flexibility index (Phi) is 4.39. The van der Waals surface area contributed by atoms with E-state index in [4.69, 9.17) is 4.42 Å². The van der Waals surface area contributed by atoms with Crippen LogP contribution in [-0.2, 0) is 17.6 Å². The van der Waals surface area contributed by atoms with Gasteiger partial charge in [-0.1, -0.05) is 29.8 Å². The summed E-state index contributed by atoms with van der Waals surface area (Å²) in [5.41, 5.74) is 2.22. The van der Waals surface area contributed by atoms with E-state index in [0.29, 0.717) is 12.8 Å². The Morgan fingerprint density at radius 2 is 2.16 bits per heavy atom. The average Bonchev–Trinajstić information content (AvgIpc) is 2.81. The summed E-state index contributed by atoms with van der Waals surface area (Å²) in [5, 5.41) is 2.99. The highest BCUT2D eigenvalue weighted by Gasteiger charge is 2.10. The lowest BCUT2D eigenvalue weighted by atomic mass is 10.1. The molecule has 0 aliphatic carbocycles. The summed E-state index contributed by atoms with van der Waals surface area (Å²) in [4.78, 5) is 11.9. The van der Waals surface area contributed by atoms with Crippen molar-refractivity contribution in [2.75, 3.05) is 0 Å². The van der Waals surface area contributed by atoms with Crippen LogP contribution in [0.15, 0.2) is 47.1 Å². The minimum atomic E-state index is 0.0460. The van der Waals surface area contributed by atoms with Crippen molar-refractivity contribution < 1.29 is 9.21 Å². The molecule has 0 saturated carbocycles. The fourth-order valence-corrected chi connectivity index (χ4v) is 2.11. The molecule has 19 heavy (non-hydrogen) atoms. The van der Waals surface area contributed by atoms with Crippen molar-refractivity contribution in [2.24, 2.45) is 0 Å². The molecule has 1 N–H and O–H groups in total. The van der Waals surface area contributed by atoms with Gasteiger partial charge in [-0.3, -0.25) is 4.79 Å².